The lowest BCUT2D eigenvalue weighted by atomic mass is 9.87. The molecule has 0 amide bonds. The zero-order valence-electron chi connectivity index (χ0n) is 12.9. The van der Waals surface area contributed by atoms with E-state index in [4.69, 9.17) is 10.1 Å². The highest BCUT2D eigenvalue weighted by atomic mass is 19.4. The molecule has 0 bridgehead atoms. The van der Waals surface area contributed by atoms with E-state index in [0.717, 1.165) is 12.1 Å². The van der Waals surface area contributed by atoms with Crippen molar-refractivity contribution in [2.75, 3.05) is 6.61 Å². The summed E-state index contributed by atoms with van der Waals surface area (Å²) in [5, 5.41) is 18.1. The van der Waals surface area contributed by atoms with Crippen molar-refractivity contribution >= 4 is 5.71 Å². The van der Waals surface area contributed by atoms with Crippen LogP contribution < -0.4 is 4.74 Å². The molecule has 3 rings (SSSR count). The van der Waals surface area contributed by atoms with Gasteiger partial charge >= 0.3 is 6.18 Å². The predicted octanol–water partition coefficient (Wildman–Crippen LogP) is 4.52. The van der Waals surface area contributed by atoms with Gasteiger partial charge in [-0.05, 0) is 43.2 Å². The molecule has 1 heterocycles. The Bertz CT molecular complexity index is 799. The third-order valence-electron chi connectivity index (χ3n) is 4.21. The highest BCUT2D eigenvalue weighted by Crippen LogP contribution is 2.39. The fourth-order valence-corrected chi connectivity index (χ4v) is 2.96. The van der Waals surface area contributed by atoms with Crippen molar-refractivity contribution in [1.29, 1.82) is 5.41 Å². The first-order chi connectivity index (χ1) is 11.3. The van der Waals surface area contributed by atoms with Crippen LogP contribution in [0.15, 0.2) is 36.4 Å². The van der Waals surface area contributed by atoms with Crippen LogP contribution in [0, 0.1) is 5.41 Å². The number of ether oxygens (including phenoxy) is 1. The molecule has 1 atom stereocenters. The minimum Gasteiger partial charge on any atom is -0.507 e. The standard InChI is InChI=1S/C18H16F3NO2/c1-10(22)14-3-2-4-15(17(14)23)12-7-11-8-13(18(19,20)21)5-6-16(11)24-9-12/h2-6,8,12,22-23H,7,9H2,1H3. The number of phenolic OH excluding ortho intramolecular Hbond substituents is 1. The third kappa shape index (κ3) is 2.96. The molecule has 0 fully saturated rings. The van der Waals surface area contributed by atoms with Gasteiger partial charge in [0.25, 0.3) is 0 Å². The zero-order valence-corrected chi connectivity index (χ0v) is 12.9. The van der Waals surface area contributed by atoms with Crippen molar-refractivity contribution in [3.63, 3.8) is 0 Å². The summed E-state index contributed by atoms with van der Waals surface area (Å²) < 4.78 is 44.2. The fraction of sp³-hybridized carbons (Fsp3) is 0.278. The minimum absolute atomic E-state index is 0.00553. The van der Waals surface area contributed by atoms with Gasteiger partial charge < -0.3 is 15.3 Å². The SMILES string of the molecule is CC(=N)c1cccc(C2COc3ccc(C(F)(F)F)cc3C2)c1O. The molecular formula is C18H16F3NO2. The third-order valence-corrected chi connectivity index (χ3v) is 4.21. The van der Waals surface area contributed by atoms with Crippen molar-refractivity contribution in [2.45, 2.75) is 25.4 Å². The zero-order chi connectivity index (χ0) is 17.5. The molecule has 0 saturated carbocycles. The number of phenols is 1. The second-order valence-electron chi connectivity index (χ2n) is 5.90. The smallest absolute Gasteiger partial charge is 0.416 e. The summed E-state index contributed by atoms with van der Waals surface area (Å²) >= 11 is 0. The van der Waals surface area contributed by atoms with Crippen molar-refractivity contribution in [2.24, 2.45) is 0 Å². The first kappa shape index (κ1) is 16.4. The molecule has 0 spiro atoms. The van der Waals surface area contributed by atoms with Crippen LogP contribution in [0.4, 0.5) is 13.2 Å². The van der Waals surface area contributed by atoms with E-state index in [9.17, 15) is 18.3 Å². The highest BCUT2D eigenvalue weighted by Gasteiger charge is 2.33. The van der Waals surface area contributed by atoms with Crippen LogP contribution in [0.1, 0.15) is 35.1 Å². The number of halogens is 3. The second-order valence-corrected chi connectivity index (χ2v) is 5.90. The first-order valence-corrected chi connectivity index (χ1v) is 7.47. The molecule has 1 unspecified atom stereocenters. The maximum absolute atomic E-state index is 12.9. The van der Waals surface area contributed by atoms with Gasteiger partial charge in [0.1, 0.15) is 11.5 Å². The first-order valence-electron chi connectivity index (χ1n) is 7.47. The highest BCUT2D eigenvalue weighted by molar-refractivity contribution is 5.99. The van der Waals surface area contributed by atoms with Crippen LogP contribution in [-0.2, 0) is 12.6 Å². The van der Waals surface area contributed by atoms with Crippen LogP contribution in [-0.4, -0.2) is 17.4 Å². The number of hydrogen-bond donors (Lipinski definition) is 2. The van der Waals surface area contributed by atoms with Crippen molar-refractivity contribution in [3.05, 3.63) is 58.7 Å². The Morgan fingerprint density at radius 3 is 2.67 bits per heavy atom. The van der Waals surface area contributed by atoms with Crippen LogP contribution in [0.2, 0.25) is 0 Å². The maximum Gasteiger partial charge on any atom is 0.416 e. The summed E-state index contributed by atoms with van der Waals surface area (Å²) in [6, 6.07) is 8.53. The summed E-state index contributed by atoms with van der Waals surface area (Å²) in [4.78, 5) is 0. The van der Waals surface area contributed by atoms with Gasteiger partial charge in [-0.1, -0.05) is 12.1 Å². The summed E-state index contributed by atoms with van der Waals surface area (Å²) in [7, 11) is 0. The van der Waals surface area contributed by atoms with Gasteiger partial charge in [-0.3, -0.25) is 0 Å². The summed E-state index contributed by atoms with van der Waals surface area (Å²) in [6.07, 6.45) is -4.06. The lowest BCUT2D eigenvalue weighted by Gasteiger charge is -2.27. The lowest BCUT2D eigenvalue weighted by Crippen LogP contribution is -2.20. The second kappa shape index (κ2) is 5.85. The number of nitrogens with one attached hydrogen (secondary N) is 1. The van der Waals surface area contributed by atoms with Crippen molar-refractivity contribution < 1.29 is 23.0 Å². The Hall–Kier alpha value is -2.50. The van der Waals surface area contributed by atoms with E-state index in [0.29, 0.717) is 28.9 Å². The van der Waals surface area contributed by atoms with Gasteiger partial charge in [-0.2, -0.15) is 13.2 Å². The molecule has 2 N–H and O–H groups in total. The number of benzene rings is 2. The van der Waals surface area contributed by atoms with Crippen molar-refractivity contribution in [1.82, 2.24) is 0 Å². The van der Waals surface area contributed by atoms with Crippen LogP contribution in [0.25, 0.3) is 0 Å². The van der Waals surface area contributed by atoms with E-state index in [1.54, 1.807) is 25.1 Å². The molecule has 2 aromatic carbocycles. The minimum atomic E-state index is -4.40. The quantitative estimate of drug-likeness (QED) is 0.793. The van der Waals surface area contributed by atoms with Crippen LogP contribution in [0.3, 0.4) is 0 Å². The molecule has 1 aliphatic rings. The van der Waals surface area contributed by atoms with Gasteiger partial charge in [0, 0.05) is 22.8 Å². The average Bonchev–Trinajstić information content (AvgIpc) is 2.53. The Balaban J connectivity index is 1.95. The van der Waals surface area contributed by atoms with Gasteiger partial charge in [-0.25, -0.2) is 0 Å². The van der Waals surface area contributed by atoms with E-state index in [2.05, 4.69) is 0 Å². The average molecular weight is 335 g/mol. The number of para-hydroxylation sites is 1. The van der Waals surface area contributed by atoms with Gasteiger partial charge in [0.2, 0.25) is 0 Å². The van der Waals surface area contributed by atoms with Crippen LogP contribution in [0.5, 0.6) is 11.5 Å². The summed E-state index contributed by atoms with van der Waals surface area (Å²) in [5.74, 6) is 0.174. The molecule has 0 aromatic heterocycles. The Labute approximate surface area is 137 Å². The van der Waals surface area contributed by atoms with E-state index in [1.807, 2.05) is 0 Å². The molecule has 0 radical (unpaired) electrons. The molecule has 0 saturated heterocycles. The monoisotopic (exact) mass is 335 g/mol. The fourth-order valence-electron chi connectivity index (χ4n) is 2.96. The molecule has 6 heteroatoms. The molecule has 24 heavy (non-hydrogen) atoms. The summed E-state index contributed by atoms with van der Waals surface area (Å²) in [5.41, 5.74) is 0.992. The lowest BCUT2D eigenvalue weighted by molar-refractivity contribution is -0.137. The van der Waals surface area contributed by atoms with Crippen molar-refractivity contribution in [3.8, 4) is 11.5 Å². The Kier molecular flexibility index (Phi) is 3.99. The predicted molar refractivity (Wildman–Crippen MR) is 84.0 cm³/mol. The molecule has 3 nitrogen and oxygen atoms in total. The van der Waals surface area contributed by atoms with E-state index >= 15 is 0 Å². The topological polar surface area (TPSA) is 53.3 Å². The molecule has 1 aliphatic heterocycles. The van der Waals surface area contributed by atoms with E-state index in [1.165, 1.54) is 6.07 Å². The molecule has 126 valence electrons. The number of aromatic hydroxyl groups is 1. The van der Waals surface area contributed by atoms with E-state index < -0.39 is 11.7 Å². The number of alkyl halides is 3. The number of rotatable bonds is 2. The molecule has 2 aromatic rings. The largest absolute Gasteiger partial charge is 0.507 e. The normalized spacial score (nSPS) is 17.1. The Morgan fingerprint density at radius 2 is 2.00 bits per heavy atom. The van der Waals surface area contributed by atoms with Crippen LogP contribution >= 0.6 is 0 Å². The van der Waals surface area contributed by atoms with E-state index in [-0.39, 0.29) is 24.0 Å². The van der Waals surface area contributed by atoms with Gasteiger partial charge in [0.15, 0.2) is 0 Å². The summed E-state index contributed by atoms with van der Waals surface area (Å²) in [6.45, 7) is 1.84. The molecule has 0 aliphatic carbocycles. The molecular weight excluding hydrogens is 319 g/mol. The van der Waals surface area contributed by atoms with Gasteiger partial charge in [-0.15, -0.1) is 0 Å². The number of fused-ring (bicyclic) bond motifs is 1. The van der Waals surface area contributed by atoms with Gasteiger partial charge in [0.05, 0.1) is 12.2 Å². The Morgan fingerprint density at radius 1 is 1.25 bits per heavy atom. The maximum atomic E-state index is 12.9. The number of hydrogen-bond acceptors (Lipinski definition) is 3.